The lowest BCUT2D eigenvalue weighted by Gasteiger charge is -2.15. The van der Waals surface area contributed by atoms with Crippen LogP contribution in [0, 0.1) is 12.7 Å². The summed E-state index contributed by atoms with van der Waals surface area (Å²) >= 11 is 0. The molecule has 0 aliphatic carbocycles. The monoisotopic (exact) mass is 461 g/mol. The molecule has 0 atom stereocenters. The molecule has 2 heterocycles. The van der Waals surface area contributed by atoms with Gasteiger partial charge in [-0.1, -0.05) is 12.1 Å². The normalized spacial score (nSPS) is 11.1. The van der Waals surface area contributed by atoms with Crippen molar-refractivity contribution in [1.29, 1.82) is 0 Å². The number of pyridine rings is 1. The number of carbonyl (C=O) groups is 1. The number of ether oxygens (including phenoxy) is 2. The molecular formula is C27H28FN3O3. The van der Waals surface area contributed by atoms with Gasteiger partial charge in [0.1, 0.15) is 12.4 Å². The highest BCUT2D eigenvalue weighted by atomic mass is 19.1. The predicted octanol–water partition coefficient (Wildman–Crippen LogP) is 4.83. The van der Waals surface area contributed by atoms with Crippen molar-refractivity contribution >= 4 is 16.9 Å². The van der Waals surface area contributed by atoms with Crippen molar-refractivity contribution in [2.75, 3.05) is 6.61 Å². The lowest BCUT2D eigenvalue weighted by atomic mass is 9.98. The summed E-state index contributed by atoms with van der Waals surface area (Å²) in [6.07, 6.45) is 3.66. The van der Waals surface area contributed by atoms with Gasteiger partial charge in [0.15, 0.2) is 5.82 Å². The number of hydrogen-bond acceptors (Lipinski definition) is 5. The fourth-order valence-corrected chi connectivity index (χ4v) is 4.04. The van der Waals surface area contributed by atoms with E-state index in [1.54, 1.807) is 19.2 Å². The van der Waals surface area contributed by atoms with E-state index in [2.05, 4.69) is 4.98 Å². The molecule has 0 aliphatic heterocycles. The van der Waals surface area contributed by atoms with E-state index >= 15 is 4.39 Å². The summed E-state index contributed by atoms with van der Waals surface area (Å²) < 4.78 is 28.4. The van der Waals surface area contributed by atoms with Crippen LogP contribution in [0.4, 0.5) is 4.39 Å². The Balaban J connectivity index is 1.70. The molecule has 0 spiro atoms. The fraction of sp³-hybridized carbons (Fsp3) is 0.259. The number of esters is 1. The summed E-state index contributed by atoms with van der Waals surface area (Å²) in [6.45, 7) is 4.36. The zero-order chi connectivity index (χ0) is 24.2. The van der Waals surface area contributed by atoms with Crippen LogP contribution in [0.3, 0.4) is 0 Å². The zero-order valence-electron chi connectivity index (χ0n) is 19.6. The van der Waals surface area contributed by atoms with Crippen molar-refractivity contribution in [2.45, 2.75) is 33.4 Å². The number of benzene rings is 2. The lowest BCUT2D eigenvalue weighted by molar-refractivity contribution is -0.142. The Morgan fingerprint density at radius 3 is 2.74 bits per heavy atom. The number of nitrogens with two attached hydrogens (primary N) is 1. The van der Waals surface area contributed by atoms with Gasteiger partial charge in [0.2, 0.25) is 0 Å². The van der Waals surface area contributed by atoms with E-state index in [0.29, 0.717) is 17.9 Å². The molecule has 7 heteroatoms. The highest BCUT2D eigenvalue weighted by Gasteiger charge is 2.16. The first-order chi connectivity index (χ1) is 16.4. The van der Waals surface area contributed by atoms with E-state index in [9.17, 15) is 4.79 Å². The minimum atomic E-state index is -0.413. The van der Waals surface area contributed by atoms with Crippen LogP contribution >= 0.6 is 0 Å². The summed E-state index contributed by atoms with van der Waals surface area (Å²) in [4.78, 5) is 16.1. The molecule has 0 unspecified atom stereocenters. The molecule has 0 radical (unpaired) electrons. The van der Waals surface area contributed by atoms with Crippen molar-refractivity contribution in [3.63, 3.8) is 0 Å². The summed E-state index contributed by atoms with van der Waals surface area (Å²) in [6, 6.07) is 13.3. The number of aromatic nitrogens is 2. The highest BCUT2D eigenvalue weighted by molar-refractivity contribution is 5.96. The largest absolute Gasteiger partial charge is 0.489 e. The van der Waals surface area contributed by atoms with Crippen LogP contribution in [0.5, 0.6) is 5.75 Å². The average molecular weight is 462 g/mol. The smallest absolute Gasteiger partial charge is 0.310 e. The molecule has 6 nitrogen and oxygen atoms in total. The Kier molecular flexibility index (Phi) is 6.93. The SMILES string of the molecule is CCOC(=O)Cc1ccc(C)cc1OCc1cc(-c2ccnc(CN)c2F)c2ccn(C)c2c1. The van der Waals surface area contributed by atoms with Gasteiger partial charge in [0, 0.05) is 48.0 Å². The molecule has 0 fully saturated rings. The van der Waals surface area contributed by atoms with Crippen LogP contribution in [-0.4, -0.2) is 22.1 Å². The first kappa shape index (κ1) is 23.4. The van der Waals surface area contributed by atoms with Gasteiger partial charge < -0.3 is 19.8 Å². The summed E-state index contributed by atoms with van der Waals surface area (Å²) in [5, 5.41) is 0.929. The maximum Gasteiger partial charge on any atom is 0.310 e. The third-order valence-electron chi connectivity index (χ3n) is 5.76. The van der Waals surface area contributed by atoms with E-state index in [-0.39, 0.29) is 31.2 Å². The van der Waals surface area contributed by atoms with Crippen LogP contribution in [0.25, 0.3) is 22.0 Å². The van der Waals surface area contributed by atoms with Crippen LogP contribution < -0.4 is 10.5 Å². The quantitative estimate of drug-likeness (QED) is 0.380. The zero-order valence-corrected chi connectivity index (χ0v) is 19.6. The number of aryl methyl sites for hydroxylation is 2. The molecule has 176 valence electrons. The first-order valence-corrected chi connectivity index (χ1v) is 11.2. The molecule has 2 N–H and O–H groups in total. The van der Waals surface area contributed by atoms with Crippen LogP contribution in [0.2, 0.25) is 0 Å². The minimum absolute atomic E-state index is 0.0248. The molecule has 34 heavy (non-hydrogen) atoms. The van der Waals surface area contributed by atoms with Crippen molar-refractivity contribution in [1.82, 2.24) is 9.55 Å². The van der Waals surface area contributed by atoms with Crippen LogP contribution in [-0.2, 0) is 36.2 Å². The molecule has 2 aromatic heterocycles. The Hall–Kier alpha value is -3.71. The number of fused-ring (bicyclic) bond motifs is 1. The second-order valence-electron chi connectivity index (χ2n) is 8.21. The van der Waals surface area contributed by atoms with Crippen molar-refractivity contribution in [2.24, 2.45) is 12.8 Å². The molecule has 0 aliphatic rings. The van der Waals surface area contributed by atoms with E-state index in [4.69, 9.17) is 15.2 Å². The number of rotatable bonds is 8. The van der Waals surface area contributed by atoms with E-state index in [0.717, 1.165) is 33.2 Å². The standard InChI is InChI=1S/C27H28FN3O3/c1-4-33-26(32)14-19-6-5-17(2)11-25(19)34-16-18-12-22(20-8-10-31(3)24(20)13-18)21-7-9-30-23(15-29)27(21)28/h5-13H,4,14-16,29H2,1-3H3. The van der Waals surface area contributed by atoms with Crippen molar-refractivity contribution in [3.8, 4) is 16.9 Å². The number of carbonyl (C=O) groups excluding carboxylic acids is 1. The second kappa shape index (κ2) is 10.1. The number of nitrogens with zero attached hydrogens (tertiary/aromatic N) is 2. The Bertz CT molecular complexity index is 1350. The summed E-state index contributed by atoms with van der Waals surface area (Å²) in [5.41, 5.74) is 10.7. The van der Waals surface area contributed by atoms with Gasteiger partial charge in [0.25, 0.3) is 0 Å². The molecular weight excluding hydrogens is 433 g/mol. The Morgan fingerprint density at radius 1 is 1.15 bits per heavy atom. The van der Waals surface area contributed by atoms with Gasteiger partial charge in [-0.15, -0.1) is 0 Å². The molecule has 4 rings (SSSR count). The van der Waals surface area contributed by atoms with Crippen LogP contribution in [0.1, 0.15) is 29.3 Å². The van der Waals surface area contributed by atoms with E-state index in [1.807, 2.05) is 61.1 Å². The number of hydrogen-bond donors (Lipinski definition) is 1. The maximum atomic E-state index is 15.1. The van der Waals surface area contributed by atoms with Gasteiger partial charge in [0.05, 0.1) is 18.7 Å². The highest BCUT2D eigenvalue weighted by Crippen LogP contribution is 2.33. The number of halogens is 1. The third-order valence-corrected chi connectivity index (χ3v) is 5.76. The van der Waals surface area contributed by atoms with E-state index < -0.39 is 5.82 Å². The van der Waals surface area contributed by atoms with Crippen molar-refractivity contribution in [3.05, 3.63) is 83.1 Å². The minimum Gasteiger partial charge on any atom is -0.489 e. The molecule has 0 bridgehead atoms. The molecule has 0 amide bonds. The Labute approximate surface area is 198 Å². The van der Waals surface area contributed by atoms with E-state index in [1.165, 1.54) is 0 Å². The molecule has 0 saturated carbocycles. The first-order valence-electron chi connectivity index (χ1n) is 11.2. The maximum absolute atomic E-state index is 15.1. The molecule has 4 aromatic rings. The molecule has 0 saturated heterocycles. The van der Waals surface area contributed by atoms with Gasteiger partial charge in [-0.3, -0.25) is 9.78 Å². The Morgan fingerprint density at radius 2 is 1.97 bits per heavy atom. The van der Waals surface area contributed by atoms with Gasteiger partial charge in [-0.25, -0.2) is 4.39 Å². The predicted molar refractivity (Wildman–Crippen MR) is 130 cm³/mol. The second-order valence-corrected chi connectivity index (χ2v) is 8.21. The third kappa shape index (κ3) is 4.79. The van der Waals surface area contributed by atoms with Gasteiger partial charge >= 0.3 is 5.97 Å². The fourth-order valence-electron chi connectivity index (χ4n) is 4.04. The van der Waals surface area contributed by atoms with Crippen LogP contribution in [0.15, 0.2) is 54.9 Å². The summed E-state index contributed by atoms with van der Waals surface area (Å²) in [7, 11) is 1.95. The topological polar surface area (TPSA) is 79.4 Å². The lowest BCUT2D eigenvalue weighted by Crippen LogP contribution is -2.09. The van der Waals surface area contributed by atoms with Gasteiger partial charge in [-0.05, 0) is 60.9 Å². The molecule has 2 aromatic carbocycles. The van der Waals surface area contributed by atoms with Crippen molar-refractivity contribution < 1.29 is 18.7 Å². The summed E-state index contributed by atoms with van der Waals surface area (Å²) in [5.74, 6) is -0.0849. The van der Waals surface area contributed by atoms with Gasteiger partial charge in [-0.2, -0.15) is 0 Å². The average Bonchev–Trinajstić information content (AvgIpc) is 3.20.